The largest absolute Gasteiger partial charge is 0.317 e. The van der Waals surface area contributed by atoms with Crippen LogP contribution in [0.5, 0.6) is 0 Å². The van der Waals surface area contributed by atoms with Crippen LogP contribution < -0.4 is 0 Å². The monoisotopic (exact) mass is 215 g/mol. The van der Waals surface area contributed by atoms with E-state index in [0.717, 1.165) is 11.4 Å². The molecule has 0 radical (unpaired) electrons. The van der Waals surface area contributed by atoms with Crippen LogP contribution in [-0.2, 0) is 7.05 Å². The van der Waals surface area contributed by atoms with Crippen LogP contribution in [0.2, 0.25) is 0 Å². The SMILES string of the molecule is Cn1cnnc1-c1csc2ccccc12. The number of hydrogen-bond acceptors (Lipinski definition) is 3. The lowest BCUT2D eigenvalue weighted by atomic mass is 10.2. The summed E-state index contributed by atoms with van der Waals surface area (Å²) in [5.41, 5.74) is 1.16. The zero-order valence-corrected chi connectivity index (χ0v) is 9.03. The fourth-order valence-corrected chi connectivity index (χ4v) is 2.62. The van der Waals surface area contributed by atoms with Gasteiger partial charge in [-0.25, -0.2) is 0 Å². The number of aryl methyl sites for hydroxylation is 1. The lowest BCUT2D eigenvalue weighted by molar-refractivity contribution is 0.921. The van der Waals surface area contributed by atoms with Crippen LogP contribution in [0.4, 0.5) is 0 Å². The molecule has 2 heterocycles. The second-order valence-corrected chi connectivity index (χ2v) is 4.32. The number of nitrogens with zero attached hydrogens (tertiary/aromatic N) is 3. The van der Waals surface area contributed by atoms with E-state index in [2.05, 4.69) is 39.8 Å². The van der Waals surface area contributed by atoms with Gasteiger partial charge in [-0.15, -0.1) is 21.5 Å². The van der Waals surface area contributed by atoms with Crippen LogP contribution in [0.25, 0.3) is 21.5 Å². The van der Waals surface area contributed by atoms with Crippen molar-refractivity contribution in [1.29, 1.82) is 0 Å². The van der Waals surface area contributed by atoms with Crippen LogP contribution in [0.1, 0.15) is 0 Å². The molecule has 0 unspecified atom stereocenters. The molecule has 74 valence electrons. The lowest BCUT2D eigenvalue weighted by Crippen LogP contribution is -1.89. The van der Waals surface area contributed by atoms with E-state index in [1.165, 1.54) is 10.1 Å². The summed E-state index contributed by atoms with van der Waals surface area (Å²) < 4.78 is 3.23. The summed E-state index contributed by atoms with van der Waals surface area (Å²) in [6.07, 6.45) is 1.72. The first-order chi connectivity index (χ1) is 7.36. The number of benzene rings is 1. The van der Waals surface area contributed by atoms with E-state index in [1.54, 1.807) is 17.7 Å². The van der Waals surface area contributed by atoms with Crippen molar-refractivity contribution in [2.45, 2.75) is 0 Å². The molecular weight excluding hydrogens is 206 g/mol. The van der Waals surface area contributed by atoms with Crippen LogP contribution in [0.15, 0.2) is 36.0 Å². The highest BCUT2D eigenvalue weighted by Gasteiger charge is 2.09. The van der Waals surface area contributed by atoms with Crippen molar-refractivity contribution in [2.24, 2.45) is 7.05 Å². The fraction of sp³-hybridized carbons (Fsp3) is 0.0909. The summed E-state index contributed by atoms with van der Waals surface area (Å²) in [5, 5.41) is 11.4. The minimum Gasteiger partial charge on any atom is -0.317 e. The van der Waals surface area contributed by atoms with Gasteiger partial charge in [-0.05, 0) is 6.07 Å². The molecule has 0 aliphatic rings. The van der Waals surface area contributed by atoms with E-state index >= 15 is 0 Å². The van der Waals surface area contributed by atoms with Crippen molar-refractivity contribution >= 4 is 21.4 Å². The molecule has 4 heteroatoms. The average Bonchev–Trinajstić information content (AvgIpc) is 2.83. The molecule has 3 aromatic rings. The predicted molar refractivity (Wildman–Crippen MR) is 61.8 cm³/mol. The van der Waals surface area contributed by atoms with Crippen molar-refractivity contribution in [3.8, 4) is 11.4 Å². The second kappa shape index (κ2) is 3.17. The van der Waals surface area contributed by atoms with E-state index in [0.29, 0.717) is 0 Å². The smallest absolute Gasteiger partial charge is 0.164 e. The van der Waals surface area contributed by atoms with Crippen LogP contribution in [-0.4, -0.2) is 14.8 Å². The molecule has 0 spiro atoms. The van der Waals surface area contributed by atoms with Crippen LogP contribution in [0, 0.1) is 0 Å². The maximum Gasteiger partial charge on any atom is 0.164 e. The first-order valence-corrected chi connectivity index (χ1v) is 5.55. The molecule has 0 amide bonds. The summed E-state index contributed by atoms with van der Waals surface area (Å²) in [6, 6.07) is 8.35. The van der Waals surface area contributed by atoms with Crippen molar-refractivity contribution in [3.63, 3.8) is 0 Å². The van der Waals surface area contributed by atoms with Crippen molar-refractivity contribution in [1.82, 2.24) is 14.8 Å². The van der Waals surface area contributed by atoms with Gasteiger partial charge in [-0.1, -0.05) is 18.2 Å². The molecule has 0 aliphatic carbocycles. The molecule has 2 aromatic heterocycles. The summed E-state index contributed by atoms with van der Waals surface area (Å²) in [4.78, 5) is 0. The molecule has 0 N–H and O–H groups in total. The van der Waals surface area contributed by atoms with Gasteiger partial charge in [0.25, 0.3) is 0 Å². The number of aromatic nitrogens is 3. The second-order valence-electron chi connectivity index (χ2n) is 3.41. The summed E-state index contributed by atoms with van der Waals surface area (Å²) in [6.45, 7) is 0. The number of hydrogen-bond donors (Lipinski definition) is 0. The zero-order chi connectivity index (χ0) is 10.3. The van der Waals surface area contributed by atoms with Gasteiger partial charge in [-0.2, -0.15) is 0 Å². The third-order valence-electron chi connectivity index (χ3n) is 2.43. The maximum absolute atomic E-state index is 4.13. The standard InChI is InChI=1S/C11H9N3S/c1-14-7-12-13-11(14)9-6-15-10-5-3-2-4-8(9)10/h2-7H,1H3. The first kappa shape index (κ1) is 8.61. The van der Waals surface area contributed by atoms with Gasteiger partial charge in [0.05, 0.1) is 0 Å². The highest BCUT2D eigenvalue weighted by molar-refractivity contribution is 7.17. The Kier molecular flexibility index (Phi) is 1.82. The van der Waals surface area contributed by atoms with Crippen LogP contribution in [0.3, 0.4) is 0 Å². The van der Waals surface area contributed by atoms with Crippen molar-refractivity contribution in [2.75, 3.05) is 0 Å². The van der Waals surface area contributed by atoms with Gasteiger partial charge in [0, 0.05) is 28.1 Å². The van der Waals surface area contributed by atoms with E-state index in [1.807, 2.05) is 11.6 Å². The Labute approximate surface area is 91.0 Å². The van der Waals surface area contributed by atoms with Gasteiger partial charge in [0.2, 0.25) is 0 Å². The summed E-state index contributed by atoms with van der Waals surface area (Å²) in [7, 11) is 1.96. The Morgan fingerprint density at radius 2 is 2.13 bits per heavy atom. The molecule has 3 nitrogen and oxygen atoms in total. The maximum atomic E-state index is 4.13. The Hall–Kier alpha value is -1.68. The zero-order valence-electron chi connectivity index (χ0n) is 8.21. The molecular formula is C11H9N3S. The molecule has 0 saturated heterocycles. The quantitative estimate of drug-likeness (QED) is 0.625. The summed E-state index contributed by atoms with van der Waals surface area (Å²) >= 11 is 1.74. The van der Waals surface area contributed by atoms with Crippen molar-refractivity contribution < 1.29 is 0 Å². The highest BCUT2D eigenvalue weighted by Crippen LogP contribution is 2.32. The minimum atomic E-state index is 0.924. The van der Waals surface area contributed by atoms with Gasteiger partial charge < -0.3 is 4.57 Å². The normalized spacial score (nSPS) is 11.0. The Morgan fingerprint density at radius 3 is 2.93 bits per heavy atom. The topological polar surface area (TPSA) is 30.7 Å². The molecule has 3 rings (SSSR count). The van der Waals surface area contributed by atoms with E-state index < -0.39 is 0 Å². The number of thiophene rings is 1. The van der Waals surface area contributed by atoms with Gasteiger partial charge >= 0.3 is 0 Å². The lowest BCUT2D eigenvalue weighted by Gasteiger charge is -1.97. The predicted octanol–water partition coefficient (Wildman–Crippen LogP) is 2.70. The molecule has 0 fully saturated rings. The number of rotatable bonds is 1. The Morgan fingerprint density at radius 1 is 1.27 bits per heavy atom. The first-order valence-electron chi connectivity index (χ1n) is 4.67. The van der Waals surface area contributed by atoms with Crippen LogP contribution >= 0.6 is 11.3 Å². The van der Waals surface area contributed by atoms with E-state index in [4.69, 9.17) is 0 Å². The van der Waals surface area contributed by atoms with E-state index in [-0.39, 0.29) is 0 Å². The molecule has 0 atom stereocenters. The van der Waals surface area contributed by atoms with Gasteiger partial charge in [0.15, 0.2) is 5.82 Å². The third-order valence-corrected chi connectivity index (χ3v) is 3.40. The molecule has 0 bridgehead atoms. The van der Waals surface area contributed by atoms with Gasteiger partial charge in [-0.3, -0.25) is 0 Å². The molecule has 0 saturated carbocycles. The minimum absolute atomic E-state index is 0.924. The van der Waals surface area contributed by atoms with Crippen molar-refractivity contribution in [3.05, 3.63) is 36.0 Å². The number of fused-ring (bicyclic) bond motifs is 1. The van der Waals surface area contributed by atoms with Gasteiger partial charge in [0.1, 0.15) is 6.33 Å². The third kappa shape index (κ3) is 1.26. The highest BCUT2D eigenvalue weighted by atomic mass is 32.1. The molecule has 0 aliphatic heterocycles. The molecule has 15 heavy (non-hydrogen) atoms. The molecule has 1 aromatic carbocycles. The average molecular weight is 215 g/mol. The Balaban J connectivity index is 2.32. The Bertz CT molecular complexity index is 609. The summed E-state index contributed by atoms with van der Waals surface area (Å²) in [5.74, 6) is 0.924. The van der Waals surface area contributed by atoms with E-state index in [9.17, 15) is 0 Å². The fourth-order valence-electron chi connectivity index (χ4n) is 1.68.